The fourth-order valence-electron chi connectivity index (χ4n) is 3.19. The van der Waals surface area contributed by atoms with Crippen molar-refractivity contribution in [1.82, 2.24) is 4.98 Å². The van der Waals surface area contributed by atoms with Gasteiger partial charge >= 0.3 is 5.97 Å². The number of fused-ring (bicyclic) bond motifs is 1. The maximum absolute atomic E-state index is 13.1. The first-order valence-corrected chi connectivity index (χ1v) is 10.6. The lowest BCUT2D eigenvalue weighted by molar-refractivity contribution is 0.0696. The summed E-state index contributed by atoms with van der Waals surface area (Å²) in [6.07, 6.45) is 0.601. The number of rotatable bonds is 4. The van der Waals surface area contributed by atoms with Crippen molar-refractivity contribution in [3.05, 3.63) is 64.0 Å². The number of nitrogens with zero attached hydrogens (tertiary/aromatic N) is 2. The minimum absolute atomic E-state index is 0.0190. The number of thiazole rings is 1. The number of carbonyl (C=O) groups is 1. The molecule has 0 radical (unpaired) electrons. The molecule has 6 nitrogen and oxygen atoms in total. The molecule has 0 saturated heterocycles. The highest BCUT2D eigenvalue weighted by Crippen LogP contribution is 2.36. The lowest BCUT2D eigenvalue weighted by Crippen LogP contribution is -2.29. The molecule has 2 aromatic carbocycles. The Bertz CT molecular complexity index is 1150. The number of hydrogen-bond acceptors (Lipinski definition) is 5. The zero-order valence-corrected chi connectivity index (χ0v) is 16.0. The zero-order chi connectivity index (χ0) is 19.2. The predicted octanol–water partition coefficient (Wildman–Crippen LogP) is 3.57. The molecule has 1 N–H and O–H groups in total. The van der Waals surface area contributed by atoms with Gasteiger partial charge in [0.15, 0.2) is 0 Å². The van der Waals surface area contributed by atoms with E-state index in [1.54, 1.807) is 17.4 Å². The van der Waals surface area contributed by atoms with Gasteiger partial charge in [0.2, 0.25) is 0 Å². The Kier molecular flexibility index (Phi) is 4.24. The molecule has 8 heteroatoms. The van der Waals surface area contributed by atoms with Gasteiger partial charge in [0, 0.05) is 17.5 Å². The molecule has 2 heterocycles. The quantitative estimate of drug-likeness (QED) is 0.723. The van der Waals surface area contributed by atoms with Crippen molar-refractivity contribution in [2.45, 2.75) is 18.2 Å². The van der Waals surface area contributed by atoms with Gasteiger partial charge in [-0.2, -0.15) is 0 Å². The number of aromatic nitrogens is 1. The van der Waals surface area contributed by atoms with Crippen molar-refractivity contribution in [3.63, 3.8) is 0 Å². The molecule has 4 rings (SSSR count). The van der Waals surface area contributed by atoms with E-state index < -0.39 is 16.0 Å². The van der Waals surface area contributed by atoms with Crippen LogP contribution in [0.15, 0.2) is 52.7 Å². The summed E-state index contributed by atoms with van der Waals surface area (Å²) < 4.78 is 27.5. The van der Waals surface area contributed by atoms with Gasteiger partial charge in [-0.15, -0.1) is 11.3 Å². The van der Waals surface area contributed by atoms with Crippen LogP contribution in [0.25, 0.3) is 11.3 Å². The van der Waals surface area contributed by atoms with E-state index in [-0.39, 0.29) is 10.5 Å². The van der Waals surface area contributed by atoms with E-state index in [0.29, 0.717) is 18.7 Å². The second-order valence-electron chi connectivity index (χ2n) is 6.26. The molecule has 1 aliphatic rings. The van der Waals surface area contributed by atoms with Crippen LogP contribution in [0.4, 0.5) is 5.69 Å². The van der Waals surface area contributed by atoms with E-state index in [4.69, 9.17) is 5.11 Å². The van der Waals surface area contributed by atoms with E-state index in [9.17, 15) is 13.2 Å². The number of carboxylic acids is 1. The van der Waals surface area contributed by atoms with Crippen LogP contribution in [0.3, 0.4) is 0 Å². The highest BCUT2D eigenvalue weighted by atomic mass is 32.2. The second kappa shape index (κ2) is 6.47. The van der Waals surface area contributed by atoms with Crippen LogP contribution in [0.1, 0.15) is 20.9 Å². The molecular weight excluding hydrogens is 384 g/mol. The molecule has 0 unspecified atom stereocenters. The van der Waals surface area contributed by atoms with Gasteiger partial charge in [-0.3, -0.25) is 4.31 Å². The molecule has 27 heavy (non-hydrogen) atoms. The highest BCUT2D eigenvalue weighted by Gasteiger charge is 2.31. The molecule has 138 valence electrons. The largest absolute Gasteiger partial charge is 0.478 e. The smallest absolute Gasteiger partial charge is 0.335 e. The van der Waals surface area contributed by atoms with Crippen molar-refractivity contribution in [1.29, 1.82) is 0 Å². The lowest BCUT2D eigenvalue weighted by Gasteiger charge is -2.20. The fourth-order valence-corrected chi connectivity index (χ4v) is 5.36. The van der Waals surface area contributed by atoms with E-state index in [1.165, 1.54) is 28.6 Å². The Balaban J connectivity index is 1.71. The Morgan fingerprint density at radius 3 is 2.74 bits per heavy atom. The summed E-state index contributed by atoms with van der Waals surface area (Å²) in [6, 6.07) is 11.1. The molecule has 0 amide bonds. The molecular formula is C19H16N2O4S2. The van der Waals surface area contributed by atoms with Gasteiger partial charge in [0.25, 0.3) is 10.0 Å². The van der Waals surface area contributed by atoms with Crippen LogP contribution >= 0.6 is 11.3 Å². The third-order valence-electron chi connectivity index (χ3n) is 4.52. The standard InChI is InChI=1S/C19H16N2O4S2/c1-12-20-17(11-26-12)13-5-6-18-14(9-13)7-8-21(18)27(24,25)16-4-2-3-15(10-16)19(22)23/h2-6,9-11H,7-8H2,1H3,(H,22,23). The zero-order valence-electron chi connectivity index (χ0n) is 14.4. The summed E-state index contributed by atoms with van der Waals surface area (Å²) in [5.41, 5.74) is 3.37. The van der Waals surface area contributed by atoms with E-state index in [1.807, 2.05) is 24.4 Å². The lowest BCUT2D eigenvalue weighted by atomic mass is 10.1. The highest BCUT2D eigenvalue weighted by molar-refractivity contribution is 7.92. The normalized spacial score (nSPS) is 13.6. The van der Waals surface area contributed by atoms with Crippen molar-refractivity contribution in [2.24, 2.45) is 0 Å². The number of sulfonamides is 1. The first-order chi connectivity index (χ1) is 12.9. The second-order valence-corrected chi connectivity index (χ2v) is 9.18. The van der Waals surface area contributed by atoms with Gasteiger partial charge in [0.05, 0.1) is 26.8 Å². The molecule has 0 atom stereocenters. The summed E-state index contributed by atoms with van der Waals surface area (Å²) in [5.74, 6) is -1.16. The van der Waals surface area contributed by atoms with Gasteiger partial charge in [-0.05, 0) is 49.2 Å². The van der Waals surface area contributed by atoms with Crippen molar-refractivity contribution in [3.8, 4) is 11.3 Å². The molecule has 0 saturated carbocycles. The summed E-state index contributed by atoms with van der Waals surface area (Å²) in [5, 5.41) is 12.1. The summed E-state index contributed by atoms with van der Waals surface area (Å²) in [6.45, 7) is 2.27. The van der Waals surface area contributed by atoms with Crippen molar-refractivity contribution in [2.75, 3.05) is 10.8 Å². The minimum Gasteiger partial charge on any atom is -0.478 e. The van der Waals surface area contributed by atoms with E-state index >= 15 is 0 Å². The van der Waals surface area contributed by atoms with Crippen LogP contribution in [0, 0.1) is 6.92 Å². The van der Waals surface area contributed by atoms with Crippen LogP contribution in [0.5, 0.6) is 0 Å². The number of carboxylic acid groups (broad SMARTS) is 1. The van der Waals surface area contributed by atoms with Gasteiger partial charge < -0.3 is 5.11 Å². The van der Waals surface area contributed by atoms with Crippen molar-refractivity contribution >= 4 is 33.0 Å². The molecule has 1 aliphatic heterocycles. The molecule has 3 aromatic rings. The van der Waals surface area contributed by atoms with E-state index in [2.05, 4.69) is 4.98 Å². The van der Waals surface area contributed by atoms with E-state index in [0.717, 1.165) is 21.8 Å². The first kappa shape index (κ1) is 17.7. The SMILES string of the molecule is Cc1nc(-c2ccc3c(c2)CCN3S(=O)(=O)c2cccc(C(=O)O)c2)cs1. The first-order valence-electron chi connectivity index (χ1n) is 8.28. The van der Waals surface area contributed by atoms with Crippen LogP contribution in [-0.4, -0.2) is 31.0 Å². The minimum atomic E-state index is -3.83. The number of aromatic carboxylic acids is 1. The van der Waals surface area contributed by atoms with Gasteiger partial charge in [-0.25, -0.2) is 18.2 Å². The molecule has 0 spiro atoms. The summed E-state index contributed by atoms with van der Waals surface area (Å²) >= 11 is 1.57. The van der Waals surface area contributed by atoms with Crippen molar-refractivity contribution < 1.29 is 18.3 Å². The average Bonchev–Trinajstić information content (AvgIpc) is 3.27. The van der Waals surface area contributed by atoms with Gasteiger partial charge in [0.1, 0.15) is 0 Å². The van der Waals surface area contributed by atoms with Crippen LogP contribution in [-0.2, 0) is 16.4 Å². The average molecular weight is 400 g/mol. The maximum Gasteiger partial charge on any atom is 0.335 e. The topological polar surface area (TPSA) is 87.6 Å². The summed E-state index contributed by atoms with van der Waals surface area (Å²) in [4.78, 5) is 15.6. The number of hydrogen-bond donors (Lipinski definition) is 1. The third kappa shape index (κ3) is 3.11. The number of aryl methyl sites for hydroxylation is 1. The number of benzene rings is 2. The predicted molar refractivity (Wildman–Crippen MR) is 104 cm³/mol. The Morgan fingerprint density at radius 1 is 1.22 bits per heavy atom. The van der Waals surface area contributed by atoms with Crippen LogP contribution in [0.2, 0.25) is 0 Å². The Morgan fingerprint density at radius 2 is 2.04 bits per heavy atom. The summed E-state index contributed by atoms with van der Waals surface area (Å²) in [7, 11) is -3.83. The maximum atomic E-state index is 13.1. The molecule has 0 bridgehead atoms. The Labute approximate surface area is 160 Å². The fraction of sp³-hybridized carbons (Fsp3) is 0.158. The third-order valence-corrected chi connectivity index (χ3v) is 7.10. The molecule has 0 aliphatic carbocycles. The monoisotopic (exact) mass is 400 g/mol. The van der Waals surface area contributed by atoms with Crippen LogP contribution < -0.4 is 4.31 Å². The number of anilines is 1. The molecule has 1 aromatic heterocycles. The Hall–Kier alpha value is -2.71. The molecule has 0 fully saturated rings. The van der Waals surface area contributed by atoms with Gasteiger partial charge in [-0.1, -0.05) is 12.1 Å².